The van der Waals surface area contributed by atoms with Gasteiger partial charge < -0.3 is 9.16 Å². The second-order valence-corrected chi connectivity index (χ2v) is 12.0. The van der Waals surface area contributed by atoms with E-state index in [0.29, 0.717) is 6.42 Å². The topological polar surface area (TPSA) is 35.5 Å². The number of ether oxygens (including phenoxy) is 1. The zero-order chi connectivity index (χ0) is 15.6. The molecule has 0 bridgehead atoms. The Morgan fingerprint density at radius 1 is 1.40 bits per heavy atom. The molecule has 0 amide bonds. The van der Waals surface area contributed by atoms with Crippen LogP contribution in [0.4, 0.5) is 4.39 Å². The van der Waals surface area contributed by atoms with Gasteiger partial charge in [0.05, 0.1) is 6.61 Å². The van der Waals surface area contributed by atoms with Crippen molar-refractivity contribution in [1.82, 2.24) is 0 Å². The van der Waals surface area contributed by atoms with Crippen molar-refractivity contribution in [3.05, 3.63) is 0 Å². The van der Waals surface area contributed by atoms with Gasteiger partial charge in [0.15, 0.2) is 8.32 Å². The molecule has 1 fully saturated rings. The van der Waals surface area contributed by atoms with E-state index in [0.717, 1.165) is 6.42 Å². The highest BCUT2D eigenvalue weighted by Crippen LogP contribution is 2.41. The maximum atomic E-state index is 14.7. The predicted molar refractivity (Wildman–Crippen MR) is 81.0 cm³/mol. The molecule has 0 aromatic heterocycles. The molecule has 0 unspecified atom stereocenters. The van der Waals surface area contributed by atoms with Crippen LogP contribution in [0.3, 0.4) is 0 Å². The molecule has 0 aromatic rings. The van der Waals surface area contributed by atoms with Crippen LogP contribution in [0.5, 0.6) is 0 Å². The number of alkyl halides is 1. The number of rotatable bonds is 4. The molecule has 2 atom stereocenters. The van der Waals surface area contributed by atoms with Gasteiger partial charge in [0.2, 0.25) is 5.67 Å². The fourth-order valence-corrected chi connectivity index (χ4v) is 3.70. The van der Waals surface area contributed by atoms with E-state index in [2.05, 4.69) is 33.9 Å². The number of carbonyl (C=O) groups is 1. The lowest BCUT2D eigenvalue weighted by molar-refractivity contribution is -0.162. The van der Waals surface area contributed by atoms with E-state index in [-0.39, 0.29) is 30.6 Å². The Morgan fingerprint density at radius 2 is 2.00 bits per heavy atom. The quantitative estimate of drug-likeness (QED) is 0.576. The highest BCUT2D eigenvalue weighted by Gasteiger charge is 2.47. The Balaban J connectivity index is 2.73. The zero-order valence-corrected chi connectivity index (χ0v) is 14.7. The van der Waals surface area contributed by atoms with Gasteiger partial charge in [-0.05, 0) is 44.3 Å². The van der Waals surface area contributed by atoms with Crippen LogP contribution in [0.25, 0.3) is 0 Å². The molecule has 0 spiro atoms. The molecule has 3 nitrogen and oxygen atoms in total. The molecule has 1 aliphatic rings. The Bertz CT molecular complexity index is 352. The fraction of sp³-hybridized carbons (Fsp3) is 0.933. The number of halogens is 1. The van der Waals surface area contributed by atoms with Gasteiger partial charge in [-0.25, -0.2) is 9.18 Å². The molecule has 0 aromatic carbocycles. The molecule has 1 saturated carbocycles. The summed E-state index contributed by atoms with van der Waals surface area (Å²) in [6.07, 6.45) is 1.73. The van der Waals surface area contributed by atoms with Crippen molar-refractivity contribution in [1.29, 1.82) is 0 Å². The van der Waals surface area contributed by atoms with Crippen molar-refractivity contribution in [2.75, 3.05) is 6.61 Å². The largest absolute Gasteiger partial charge is 0.464 e. The lowest BCUT2D eigenvalue weighted by Gasteiger charge is -2.42. The van der Waals surface area contributed by atoms with E-state index < -0.39 is 20.0 Å². The minimum atomic E-state index is -1.93. The molecule has 1 aliphatic carbocycles. The van der Waals surface area contributed by atoms with Crippen LogP contribution in [0.2, 0.25) is 18.1 Å². The monoisotopic (exact) mass is 304 g/mol. The Labute approximate surface area is 123 Å². The molecule has 0 N–H and O–H groups in total. The molecule has 1 rings (SSSR count). The fourth-order valence-electron chi connectivity index (χ4n) is 2.31. The van der Waals surface area contributed by atoms with Gasteiger partial charge in [-0.2, -0.15) is 0 Å². The van der Waals surface area contributed by atoms with Crippen molar-refractivity contribution in [3.8, 4) is 0 Å². The van der Waals surface area contributed by atoms with Gasteiger partial charge in [0.25, 0.3) is 0 Å². The van der Waals surface area contributed by atoms with Gasteiger partial charge in [-0.15, -0.1) is 0 Å². The molecular formula is C15H29FO3Si. The summed E-state index contributed by atoms with van der Waals surface area (Å²) >= 11 is 0. The first-order valence-electron chi connectivity index (χ1n) is 7.56. The van der Waals surface area contributed by atoms with Crippen LogP contribution in [0.1, 0.15) is 53.4 Å². The number of esters is 1. The van der Waals surface area contributed by atoms with Crippen LogP contribution < -0.4 is 0 Å². The summed E-state index contributed by atoms with van der Waals surface area (Å²) in [7, 11) is -1.93. The van der Waals surface area contributed by atoms with Gasteiger partial charge >= 0.3 is 5.97 Å². The van der Waals surface area contributed by atoms with Crippen LogP contribution in [-0.4, -0.2) is 32.7 Å². The number of hydrogen-bond acceptors (Lipinski definition) is 3. The standard InChI is InChI=1S/C15H29FO3Si/c1-7-18-13(17)15(16)10-8-9-12(11-15)19-20(5,6)14(2,3)4/h12H,7-11H2,1-6H3/t12-,15-/m0/s1. The Kier molecular flexibility index (Phi) is 5.41. The average Bonchev–Trinajstić information content (AvgIpc) is 2.27. The van der Waals surface area contributed by atoms with Gasteiger partial charge in [-0.3, -0.25) is 0 Å². The van der Waals surface area contributed by atoms with Crippen molar-refractivity contribution >= 4 is 14.3 Å². The maximum absolute atomic E-state index is 14.7. The van der Waals surface area contributed by atoms with Gasteiger partial charge in [0.1, 0.15) is 0 Å². The molecule has 0 aliphatic heterocycles. The number of carbonyl (C=O) groups excluding carboxylic acids is 1. The smallest absolute Gasteiger partial charge is 0.343 e. The summed E-state index contributed by atoms with van der Waals surface area (Å²) in [6, 6.07) is 0. The van der Waals surface area contributed by atoms with Crippen molar-refractivity contribution in [3.63, 3.8) is 0 Å². The van der Waals surface area contributed by atoms with E-state index in [1.807, 2.05) is 0 Å². The lowest BCUT2D eigenvalue weighted by Crippen LogP contribution is -2.49. The summed E-state index contributed by atoms with van der Waals surface area (Å²) in [6.45, 7) is 12.7. The third-order valence-corrected chi connectivity index (χ3v) is 9.09. The normalized spacial score (nSPS) is 28.2. The summed E-state index contributed by atoms with van der Waals surface area (Å²) in [4.78, 5) is 11.8. The summed E-state index contributed by atoms with van der Waals surface area (Å²) in [5.41, 5.74) is -1.86. The van der Waals surface area contributed by atoms with Crippen molar-refractivity contribution in [2.24, 2.45) is 0 Å². The molecular weight excluding hydrogens is 275 g/mol. The third kappa shape index (κ3) is 4.04. The van der Waals surface area contributed by atoms with Gasteiger partial charge in [0, 0.05) is 12.5 Å². The predicted octanol–water partition coefficient (Wildman–Crippen LogP) is 4.22. The van der Waals surface area contributed by atoms with Crippen molar-refractivity contribution < 1.29 is 18.3 Å². The van der Waals surface area contributed by atoms with Crippen LogP contribution in [-0.2, 0) is 14.0 Å². The first kappa shape index (κ1) is 17.6. The van der Waals surface area contributed by atoms with Crippen LogP contribution in [0.15, 0.2) is 0 Å². The molecule has 0 radical (unpaired) electrons. The van der Waals surface area contributed by atoms with E-state index in [9.17, 15) is 9.18 Å². The second kappa shape index (κ2) is 6.14. The van der Waals surface area contributed by atoms with E-state index in [1.165, 1.54) is 0 Å². The lowest BCUT2D eigenvalue weighted by atomic mass is 9.84. The first-order chi connectivity index (χ1) is 9.02. The SMILES string of the molecule is CCOC(=O)[C@]1(F)CCC[C@H](O[Si](C)(C)C(C)(C)C)C1. The first-order valence-corrected chi connectivity index (χ1v) is 10.5. The third-order valence-electron chi connectivity index (χ3n) is 4.56. The molecule has 0 heterocycles. The molecule has 20 heavy (non-hydrogen) atoms. The molecule has 0 saturated heterocycles. The maximum Gasteiger partial charge on any atom is 0.343 e. The van der Waals surface area contributed by atoms with E-state index >= 15 is 0 Å². The Morgan fingerprint density at radius 3 is 2.50 bits per heavy atom. The minimum absolute atomic E-state index is 0.0906. The number of hydrogen-bond donors (Lipinski definition) is 0. The average molecular weight is 304 g/mol. The van der Waals surface area contributed by atoms with E-state index in [4.69, 9.17) is 9.16 Å². The highest BCUT2D eigenvalue weighted by molar-refractivity contribution is 6.74. The zero-order valence-electron chi connectivity index (χ0n) is 13.7. The van der Waals surface area contributed by atoms with E-state index in [1.54, 1.807) is 6.92 Å². The second-order valence-electron chi connectivity index (χ2n) is 7.28. The van der Waals surface area contributed by atoms with Crippen LogP contribution >= 0.6 is 0 Å². The van der Waals surface area contributed by atoms with Crippen molar-refractivity contribution in [2.45, 2.75) is 83.3 Å². The minimum Gasteiger partial charge on any atom is -0.464 e. The summed E-state index contributed by atoms with van der Waals surface area (Å²) in [5, 5.41) is 0.0906. The molecule has 5 heteroatoms. The summed E-state index contributed by atoms with van der Waals surface area (Å²) < 4.78 is 25.9. The van der Waals surface area contributed by atoms with Crippen LogP contribution in [0, 0.1) is 0 Å². The molecule has 118 valence electrons. The Hall–Kier alpha value is -0.423. The van der Waals surface area contributed by atoms with Gasteiger partial charge in [-0.1, -0.05) is 20.8 Å². The summed E-state index contributed by atoms with van der Waals surface area (Å²) in [5.74, 6) is -0.719. The highest BCUT2D eigenvalue weighted by atomic mass is 28.4.